The van der Waals surface area contributed by atoms with Crippen LogP contribution in [0, 0.1) is 10.1 Å². The zero-order valence-electron chi connectivity index (χ0n) is 17.9. The van der Waals surface area contributed by atoms with E-state index in [0.29, 0.717) is 12.4 Å². The average Bonchev–Trinajstić information content (AvgIpc) is 3.15. The van der Waals surface area contributed by atoms with Crippen molar-refractivity contribution < 1.29 is 4.92 Å². The third kappa shape index (κ3) is 4.38. The first-order valence-corrected chi connectivity index (χ1v) is 10.5. The molecule has 170 valence electrons. The van der Waals surface area contributed by atoms with Gasteiger partial charge in [0.15, 0.2) is 11.2 Å². The summed E-state index contributed by atoms with van der Waals surface area (Å²) in [7, 11) is 0. The molecular formula is C22H22N6O5. The summed E-state index contributed by atoms with van der Waals surface area (Å²) in [5.41, 5.74) is -0.539. The SMILES string of the molecule is CCCCn1c(Cn2cc([N+](=O)[O-])ccc2=O)nc2c1c(=O)[nH]c(=O)n2Cc1ccccc1. The number of H-pyrrole nitrogens is 1. The highest BCUT2D eigenvalue weighted by atomic mass is 16.6. The van der Waals surface area contributed by atoms with Gasteiger partial charge in [0.25, 0.3) is 16.8 Å². The molecule has 0 saturated carbocycles. The highest BCUT2D eigenvalue weighted by Crippen LogP contribution is 2.16. The molecular weight excluding hydrogens is 428 g/mol. The average molecular weight is 450 g/mol. The molecule has 3 heterocycles. The molecule has 0 atom stereocenters. The first-order valence-electron chi connectivity index (χ1n) is 10.5. The van der Waals surface area contributed by atoms with Crippen molar-refractivity contribution in [2.45, 2.75) is 39.4 Å². The van der Waals surface area contributed by atoms with Crippen LogP contribution in [0.2, 0.25) is 0 Å². The number of benzene rings is 1. The lowest BCUT2D eigenvalue weighted by molar-refractivity contribution is -0.385. The minimum atomic E-state index is -0.587. The molecule has 1 aromatic carbocycles. The molecule has 1 N–H and O–H groups in total. The Balaban J connectivity index is 1.90. The minimum absolute atomic E-state index is 0.0854. The van der Waals surface area contributed by atoms with Gasteiger partial charge in [0.1, 0.15) is 5.82 Å². The van der Waals surface area contributed by atoms with E-state index < -0.39 is 21.7 Å². The summed E-state index contributed by atoms with van der Waals surface area (Å²) in [6.45, 7) is 2.56. The number of rotatable bonds is 8. The second-order valence-electron chi connectivity index (χ2n) is 7.65. The molecule has 33 heavy (non-hydrogen) atoms. The van der Waals surface area contributed by atoms with E-state index in [-0.39, 0.29) is 29.9 Å². The third-order valence-corrected chi connectivity index (χ3v) is 5.37. The molecule has 0 bridgehead atoms. The lowest BCUT2D eigenvalue weighted by Gasteiger charge is -2.10. The number of hydrogen-bond acceptors (Lipinski definition) is 6. The molecule has 0 aliphatic rings. The van der Waals surface area contributed by atoms with Crippen molar-refractivity contribution in [1.29, 1.82) is 0 Å². The van der Waals surface area contributed by atoms with Crippen molar-refractivity contribution in [3.8, 4) is 0 Å². The molecule has 0 aliphatic heterocycles. The Bertz CT molecular complexity index is 1500. The maximum absolute atomic E-state index is 12.8. The molecule has 0 unspecified atom stereocenters. The van der Waals surface area contributed by atoms with Gasteiger partial charge >= 0.3 is 5.69 Å². The van der Waals surface area contributed by atoms with Crippen LogP contribution in [-0.2, 0) is 19.6 Å². The Kier molecular flexibility index (Phi) is 6.03. The minimum Gasteiger partial charge on any atom is -0.321 e. The van der Waals surface area contributed by atoms with Crippen molar-refractivity contribution in [1.82, 2.24) is 23.7 Å². The van der Waals surface area contributed by atoms with Gasteiger partial charge in [-0.15, -0.1) is 0 Å². The van der Waals surface area contributed by atoms with Crippen LogP contribution in [0.1, 0.15) is 31.2 Å². The van der Waals surface area contributed by atoms with Crippen LogP contribution in [0.25, 0.3) is 11.2 Å². The Morgan fingerprint density at radius 3 is 2.48 bits per heavy atom. The zero-order chi connectivity index (χ0) is 23.5. The molecule has 0 aliphatic carbocycles. The maximum atomic E-state index is 12.8. The summed E-state index contributed by atoms with van der Waals surface area (Å²) >= 11 is 0. The number of fused-ring (bicyclic) bond motifs is 1. The fraction of sp³-hybridized carbons (Fsp3) is 0.273. The maximum Gasteiger partial charge on any atom is 0.330 e. The molecule has 4 aromatic rings. The molecule has 11 nitrogen and oxygen atoms in total. The van der Waals surface area contributed by atoms with Gasteiger partial charge in [-0.2, -0.15) is 0 Å². The summed E-state index contributed by atoms with van der Waals surface area (Å²) in [5.74, 6) is 0.360. The molecule has 4 rings (SSSR count). The smallest absolute Gasteiger partial charge is 0.321 e. The number of nitrogens with zero attached hydrogens (tertiary/aromatic N) is 5. The van der Waals surface area contributed by atoms with Gasteiger partial charge in [-0.25, -0.2) is 9.78 Å². The van der Waals surface area contributed by atoms with Crippen molar-refractivity contribution >= 4 is 16.9 Å². The van der Waals surface area contributed by atoms with Crippen molar-refractivity contribution in [2.75, 3.05) is 0 Å². The van der Waals surface area contributed by atoms with Crippen LogP contribution >= 0.6 is 0 Å². The van der Waals surface area contributed by atoms with Crippen molar-refractivity contribution in [3.05, 3.63) is 101 Å². The zero-order valence-corrected chi connectivity index (χ0v) is 17.9. The summed E-state index contributed by atoms with van der Waals surface area (Å²) < 4.78 is 4.24. The quantitative estimate of drug-likeness (QED) is 0.321. The van der Waals surface area contributed by atoms with Gasteiger partial charge in [-0.05, 0) is 12.0 Å². The summed E-state index contributed by atoms with van der Waals surface area (Å²) in [6.07, 6.45) is 2.73. The monoisotopic (exact) mass is 450 g/mol. The molecule has 0 radical (unpaired) electrons. The number of hydrogen-bond donors (Lipinski definition) is 1. The van der Waals surface area contributed by atoms with Crippen LogP contribution in [0.4, 0.5) is 5.69 Å². The second-order valence-corrected chi connectivity index (χ2v) is 7.65. The number of nitrogens with one attached hydrogen (secondary N) is 1. The number of aromatic amines is 1. The van der Waals surface area contributed by atoms with Crippen LogP contribution < -0.4 is 16.8 Å². The highest BCUT2D eigenvalue weighted by Gasteiger charge is 2.20. The number of aromatic nitrogens is 5. The molecule has 0 saturated heterocycles. The Hall–Kier alpha value is -4.28. The van der Waals surface area contributed by atoms with Crippen LogP contribution in [0.3, 0.4) is 0 Å². The molecule has 3 aromatic heterocycles. The fourth-order valence-electron chi connectivity index (χ4n) is 3.71. The Morgan fingerprint density at radius 1 is 1.03 bits per heavy atom. The van der Waals surface area contributed by atoms with Gasteiger partial charge in [0, 0.05) is 18.7 Å². The summed E-state index contributed by atoms with van der Waals surface area (Å²) in [6, 6.07) is 11.5. The number of nitro groups is 1. The molecule has 0 amide bonds. The number of pyridine rings is 1. The first-order chi connectivity index (χ1) is 15.9. The molecule has 0 fully saturated rings. The predicted molar refractivity (Wildman–Crippen MR) is 122 cm³/mol. The fourth-order valence-corrected chi connectivity index (χ4v) is 3.71. The van der Waals surface area contributed by atoms with Crippen molar-refractivity contribution in [3.63, 3.8) is 0 Å². The normalized spacial score (nSPS) is 11.2. The largest absolute Gasteiger partial charge is 0.330 e. The van der Waals surface area contributed by atoms with Crippen LogP contribution in [0.15, 0.2) is 63.0 Å². The lowest BCUT2D eigenvalue weighted by atomic mass is 10.2. The Morgan fingerprint density at radius 2 is 1.79 bits per heavy atom. The van der Waals surface area contributed by atoms with Gasteiger partial charge in [0.05, 0.1) is 24.2 Å². The number of unbranched alkanes of at least 4 members (excludes halogenated alkanes) is 1. The summed E-state index contributed by atoms with van der Waals surface area (Å²) in [5, 5.41) is 11.2. The lowest BCUT2D eigenvalue weighted by Crippen LogP contribution is -2.31. The topological polar surface area (TPSA) is 138 Å². The first kappa shape index (κ1) is 21.9. The third-order valence-electron chi connectivity index (χ3n) is 5.37. The van der Waals surface area contributed by atoms with Crippen LogP contribution in [-0.4, -0.2) is 28.6 Å². The van der Waals surface area contributed by atoms with E-state index in [9.17, 15) is 24.5 Å². The Labute approximate surface area is 186 Å². The standard InChI is InChI=1S/C22H22N6O5/c1-2-3-11-26-17(14-25-13-16(28(32)33)9-10-18(25)29)23-20-19(26)21(30)24-22(31)27(20)12-15-7-5-4-6-8-15/h4-10,13H,2-3,11-12,14H2,1H3,(H,24,30,31). The van der Waals surface area contributed by atoms with E-state index in [1.165, 1.54) is 9.13 Å². The van der Waals surface area contributed by atoms with Gasteiger partial charge in [-0.1, -0.05) is 43.7 Å². The highest BCUT2D eigenvalue weighted by molar-refractivity contribution is 5.71. The molecule has 0 spiro atoms. The predicted octanol–water partition coefficient (Wildman–Crippen LogP) is 1.85. The number of aryl methyl sites for hydroxylation is 1. The van der Waals surface area contributed by atoms with E-state index in [0.717, 1.165) is 36.7 Å². The van der Waals surface area contributed by atoms with Gasteiger partial charge in [0.2, 0.25) is 0 Å². The van der Waals surface area contributed by atoms with E-state index in [2.05, 4.69) is 9.97 Å². The van der Waals surface area contributed by atoms with E-state index in [1.54, 1.807) is 4.57 Å². The van der Waals surface area contributed by atoms with Gasteiger partial charge in [-0.3, -0.25) is 29.3 Å². The van der Waals surface area contributed by atoms with Crippen molar-refractivity contribution in [2.24, 2.45) is 0 Å². The second kappa shape index (κ2) is 9.07. The number of imidazole rings is 1. The van der Waals surface area contributed by atoms with Gasteiger partial charge < -0.3 is 9.13 Å². The van der Waals surface area contributed by atoms with Crippen LogP contribution in [0.5, 0.6) is 0 Å². The summed E-state index contributed by atoms with van der Waals surface area (Å²) in [4.78, 5) is 55.3. The van der Waals surface area contributed by atoms with E-state index in [4.69, 9.17) is 0 Å². The molecule has 11 heteroatoms. The van der Waals surface area contributed by atoms with E-state index >= 15 is 0 Å². The van der Waals surface area contributed by atoms with E-state index in [1.807, 2.05) is 37.3 Å².